The third-order valence-corrected chi connectivity index (χ3v) is 2.85. The molecule has 1 atom stereocenters. The van der Waals surface area contributed by atoms with Crippen molar-refractivity contribution in [3.63, 3.8) is 0 Å². The lowest BCUT2D eigenvalue weighted by Crippen LogP contribution is -2.18. The number of benzene rings is 2. The predicted octanol–water partition coefficient (Wildman–Crippen LogP) is 3.16. The van der Waals surface area contributed by atoms with Crippen LogP contribution in [0.15, 0.2) is 36.4 Å². The Kier molecular flexibility index (Phi) is 3.76. The summed E-state index contributed by atoms with van der Waals surface area (Å²) < 4.78 is 46.2. The summed E-state index contributed by atoms with van der Waals surface area (Å²) in [6.45, 7) is 0. The maximum atomic E-state index is 13.8. The molecule has 2 nitrogen and oxygen atoms in total. The smallest absolute Gasteiger partial charge is 0.132 e. The molecule has 0 aliphatic heterocycles. The van der Waals surface area contributed by atoms with E-state index in [2.05, 4.69) is 0 Å². The lowest BCUT2D eigenvalue weighted by molar-refractivity contribution is 0.400. The van der Waals surface area contributed by atoms with E-state index in [1.165, 1.54) is 25.3 Å². The standard InChI is InChI=1S/C14H12F3NO/c1-19-11-7-3-6-10(17)13(11)14(18)12-8(15)4-2-5-9(12)16/h2-7,14H,18H2,1H3. The predicted molar refractivity (Wildman–Crippen MR) is 65.3 cm³/mol. The molecule has 2 N–H and O–H groups in total. The molecule has 0 aromatic heterocycles. The second kappa shape index (κ2) is 5.32. The van der Waals surface area contributed by atoms with Crippen molar-refractivity contribution in [1.29, 1.82) is 0 Å². The van der Waals surface area contributed by atoms with Crippen molar-refractivity contribution in [3.8, 4) is 5.75 Å². The Bertz CT molecular complexity index is 581. The molecule has 19 heavy (non-hydrogen) atoms. The van der Waals surface area contributed by atoms with E-state index >= 15 is 0 Å². The molecular formula is C14H12F3NO. The van der Waals surface area contributed by atoms with E-state index in [-0.39, 0.29) is 16.9 Å². The number of halogens is 3. The average Bonchev–Trinajstić information content (AvgIpc) is 2.37. The van der Waals surface area contributed by atoms with Crippen molar-refractivity contribution in [1.82, 2.24) is 0 Å². The molecule has 0 radical (unpaired) electrons. The minimum atomic E-state index is -1.28. The second-order valence-corrected chi connectivity index (χ2v) is 3.97. The number of hydrogen-bond donors (Lipinski definition) is 1. The minimum absolute atomic E-state index is 0.0750. The van der Waals surface area contributed by atoms with Crippen LogP contribution in [-0.4, -0.2) is 7.11 Å². The van der Waals surface area contributed by atoms with Crippen molar-refractivity contribution in [2.75, 3.05) is 7.11 Å². The number of rotatable bonds is 3. The molecule has 2 aromatic rings. The fourth-order valence-electron chi connectivity index (χ4n) is 1.95. The molecule has 5 heteroatoms. The normalized spacial score (nSPS) is 12.3. The lowest BCUT2D eigenvalue weighted by atomic mass is 9.97. The zero-order chi connectivity index (χ0) is 14.0. The Morgan fingerprint density at radius 3 is 1.89 bits per heavy atom. The van der Waals surface area contributed by atoms with Gasteiger partial charge in [0, 0.05) is 5.56 Å². The van der Waals surface area contributed by atoms with Gasteiger partial charge in [0.1, 0.15) is 23.2 Å². The fourth-order valence-corrected chi connectivity index (χ4v) is 1.95. The second-order valence-electron chi connectivity index (χ2n) is 3.97. The van der Waals surface area contributed by atoms with E-state index in [4.69, 9.17) is 10.5 Å². The van der Waals surface area contributed by atoms with E-state index in [1.807, 2.05) is 0 Å². The van der Waals surface area contributed by atoms with Crippen molar-refractivity contribution in [2.24, 2.45) is 5.73 Å². The Morgan fingerprint density at radius 2 is 1.37 bits per heavy atom. The summed E-state index contributed by atoms with van der Waals surface area (Å²) in [6.07, 6.45) is 0. The zero-order valence-electron chi connectivity index (χ0n) is 10.2. The van der Waals surface area contributed by atoms with Gasteiger partial charge < -0.3 is 10.5 Å². The molecule has 2 rings (SSSR count). The third-order valence-electron chi connectivity index (χ3n) is 2.85. The Morgan fingerprint density at radius 1 is 0.895 bits per heavy atom. The van der Waals surface area contributed by atoms with Crippen LogP contribution in [-0.2, 0) is 0 Å². The van der Waals surface area contributed by atoms with Gasteiger partial charge in [0.2, 0.25) is 0 Å². The summed E-state index contributed by atoms with van der Waals surface area (Å²) in [6, 6.07) is 6.17. The summed E-state index contributed by atoms with van der Waals surface area (Å²) in [7, 11) is 1.34. The highest BCUT2D eigenvalue weighted by molar-refractivity contribution is 5.43. The molecule has 0 bridgehead atoms. The summed E-state index contributed by atoms with van der Waals surface area (Å²) >= 11 is 0. The largest absolute Gasteiger partial charge is 0.496 e. The molecule has 2 aromatic carbocycles. The minimum Gasteiger partial charge on any atom is -0.496 e. The highest BCUT2D eigenvalue weighted by Gasteiger charge is 2.24. The van der Waals surface area contributed by atoms with Crippen LogP contribution < -0.4 is 10.5 Å². The SMILES string of the molecule is COc1cccc(F)c1C(N)c1c(F)cccc1F. The van der Waals surface area contributed by atoms with E-state index in [9.17, 15) is 13.2 Å². The highest BCUT2D eigenvalue weighted by atomic mass is 19.1. The van der Waals surface area contributed by atoms with Gasteiger partial charge in [-0.2, -0.15) is 0 Å². The van der Waals surface area contributed by atoms with Gasteiger partial charge in [-0.1, -0.05) is 12.1 Å². The Hall–Kier alpha value is -2.01. The number of hydrogen-bond acceptors (Lipinski definition) is 2. The van der Waals surface area contributed by atoms with Gasteiger partial charge in [-0.3, -0.25) is 0 Å². The van der Waals surface area contributed by atoms with Crippen molar-refractivity contribution >= 4 is 0 Å². The molecule has 0 heterocycles. The topological polar surface area (TPSA) is 35.2 Å². The van der Waals surface area contributed by atoms with Crippen LogP contribution in [0.3, 0.4) is 0 Å². The van der Waals surface area contributed by atoms with Gasteiger partial charge in [0.05, 0.1) is 18.7 Å². The van der Waals surface area contributed by atoms with Crippen LogP contribution in [0, 0.1) is 17.5 Å². The van der Waals surface area contributed by atoms with Gasteiger partial charge >= 0.3 is 0 Å². The summed E-state index contributed by atoms with van der Waals surface area (Å²) in [5.74, 6) is -2.17. The maximum absolute atomic E-state index is 13.8. The van der Waals surface area contributed by atoms with E-state index < -0.39 is 23.5 Å². The monoisotopic (exact) mass is 267 g/mol. The molecule has 0 spiro atoms. The van der Waals surface area contributed by atoms with Gasteiger partial charge in [-0.25, -0.2) is 13.2 Å². The summed E-state index contributed by atoms with van der Waals surface area (Å²) in [5.41, 5.74) is 5.34. The van der Waals surface area contributed by atoms with Crippen LogP contribution in [0.1, 0.15) is 17.2 Å². The van der Waals surface area contributed by atoms with Gasteiger partial charge in [-0.05, 0) is 24.3 Å². The molecule has 1 unspecified atom stereocenters. The quantitative estimate of drug-likeness (QED) is 0.927. The number of nitrogens with two attached hydrogens (primary N) is 1. The first kappa shape index (κ1) is 13.4. The molecule has 0 amide bonds. The van der Waals surface area contributed by atoms with E-state index in [0.29, 0.717) is 0 Å². The van der Waals surface area contributed by atoms with Crippen LogP contribution in [0.5, 0.6) is 5.75 Å². The molecule has 0 saturated heterocycles. The molecule has 0 aliphatic rings. The summed E-state index contributed by atoms with van der Waals surface area (Å²) in [4.78, 5) is 0. The van der Waals surface area contributed by atoms with Crippen LogP contribution in [0.25, 0.3) is 0 Å². The maximum Gasteiger partial charge on any atom is 0.132 e. The van der Waals surface area contributed by atoms with Crippen LogP contribution >= 0.6 is 0 Å². The Labute approximate surface area is 108 Å². The first-order chi connectivity index (χ1) is 9.06. The Balaban J connectivity index is 2.59. The van der Waals surface area contributed by atoms with Crippen molar-refractivity contribution < 1.29 is 17.9 Å². The van der Waals surface area contributed by atoms with Gasteiger partial charge in [-0.15, -0.1) is 0 Å². The van der Waals surface area contributed by atoms with Crippen LogP contribution in [0.4, 0.5) is 13.2 Å². The number of ether oxygens (including phenoxy) is 1. The van der Waals surface area contributed by atoms with E-state index in [0.717, 1.165) is 18.2 Å². The van der Waals surface area contributed by atoms with Crippen molar-refractivity contribution in [2.45, 2.75) is 6.04 Å². The molecule has 0 fully saturated rings. The van der Waals surface area contributed by atoms with Gasteiger partial charge in [0.15, 0.2) is 0 Å². The molecule has 0 aliphatic carbocycles. The van der Waals surface area contributed by atoms with Gasteiger partial charge in [0.25, 0.3) is 0 Å². The average molecular weight is 267 g/mol. The highest BCUT2D eigenvalue weighted by Crippen LogP contribution is 2.32. The third kappa shape index (κ3) is 2.42. The number of methoxy groups -OCH3 is 1. The van der Waals surface area contributed by atoms with Crippen LogP contribution in [0.2, 0.25) is 0 Å². The zero-order valence-corrected chi connectivity index (χ0v) is 10.2. The first-order valence-electron chi connectivity index (χ1n) is 5.58. The first-order valence-corrected chi connectivity index (χ1v) is 5.58. The van der Waals surface area contributed by atoms with Crippen molar-refractivity contribution in [3.05, 3.63) is 65.0 Å². The lowest BCUT2D eigenvalue weighted by Gasteiger charge is -2.18. The molecule has 100 valence electrons. The molecular weight excluding hydrogens is 255 g/mol. The van der Waals surface area contributed by atoms with E-state index in [1.54, 1.807) is 0 Å². The molecule has 0 saturated carbocycles. The fraction of sp³-hybridized carbons (Fsp3) is 0.143. The summed E-state index contributed by atoms with van der Waals surface area (Å²) in [5, 5.41) is 0.